The van der Waals surface area contributed by atoms with E-state index in [2.05, 4.69) is 16.0 Å². The van der Waals surface area contributed by atoms with Crippen molar-refractivity contribution >= 4 is 45.9 Å². The van der Waals surface area contributed by atoms with Crippen molar-refractivity contribution in [2.45, 2.75) is 20.3 Å². The Morgan fingerprint density at radius 2 is 1.84 bits per heavy atom. The van der Waals surface area contributed by atoms with Crippen LogP contribution in [0.1, 0.15) is 29.6 Å². The number of nitriles is 1. The van der Waals surface area contributed by atoms with Crippen LogP contribution in [0.2, 0.25) is 10.0 Å². The third-order valence-electron chi connectivity index (χ3n) is 5.06. The maximum Gasteiger partial charge on any atom is 0.262 e. The Hall–Kier alpha value is -3.40. The minimum absolute atomic E-state index is 0.0267. The molecule has 0 bridgehead atoms. The van der Waals surface area contributed by atoms with E-state index < -0.39 is 0 Å². The van der Waals surface area contributed by atoms with Gasteiger partial charge in [0.2, 0.25) is 0 Å². The number of benzene rings is 2. The smallest absolute Gasteiger partial charge is 0.262 e. The Morgan fingerprint density at radius 3 is 2.42 bits per heavy atom. The first-order chi connectivity index (χ1) is 14.9. The summed E-state index contributed by atoms with van der Waals surface area (Å²) in [6.07, 6.45) is 0.559. The molecule has 0 spiro atoms. The van der Waals surface area contributed by atoms with Gasteiger partial charge in [-0.05, 0) is 31.0 Å². The monoisotopic (exact) mass is 450 g/mol. The van der Waals surface area contributed by atoms with Crippen molar-refractivity contribution < 1.29 is 5.11 Å². The second-order valence-corrected chi connectivity index (χ2v) is 7.74. The molecule has 0 aliphatic carbocycles. The summed E-state index contributed by atoms with van der Waals surface area (Å²) < 4.78 is 1.35. The van der Waals surface area contributed by atoms with Crippen molar-refractivity contribution in [1.29, 1.82) is 5.26 Å². The summed E-state index contributed by atoms with van der Waals surface area (Å²) in [5.74, 6) is 0.250. The molecular formula is C23H16Cl2N4O2. The van der Waals surface area contributed by atoms with Crippen LogP contribution in [-0.2, 0) is 6.42 Å². The van der Waals surface area contributed by atoms with Crippen molar-refractivity contribution in [1.82, 2.24) is 9.55 Å². The van der Waals surface area contributed by atoms with Gasteiger partial charge in [-0.1, -0.05) is 60.5 Å². The van der Waals surface area contributed by atoms with Crippen LogP contribution < -0.4 is 5.56 Å². The number of fused-ring (bicyclic) bond motifs is 1. The number of aromatic hydroxyl groups is 1. The summed E-state index contributed by atoms with van der Waals surface area (Å²) in [6.45, 7) is 3.62. The van der Waals surface area contributed by atoms with Gasteiger partial charge in [-0.15, -0.1) is 0 Å². The normalized spacial score (nSPS) is 14.1. The second-order valence-electron chi connectivity index (χ2n) is 6.92. The SMILES string of the molecule is CCc1nc2n(c(=O)c1C)/C(=N/c1cc(Cl)c(O)c(Cl)c1)C(c1ccccc1)=C2C#N. The first-order valence-corrected chi connectivity index (χ1v) is 10.2. The van der Waals surface area contributed by atoms with Crippen LogP contribution in [0, 0.1) is 18.3 Å². The van der Waals surface area contributed by atoms with Gasteiger partial charge in [0.1, 0.15) is 11.6 Å². The Morgan fingerprint density at radius 1 is 1.19 bits per heavy atom. The fourth-order valence-electron chi connectivity index (χ4n) is 3.52. The van der Waals surface area contributed by atoms with Crippen molar-refractivity contribution in [2.75, 3.05) is 0 Å². The highest BCUT2D eigenvalue weighted by atomic mass is 35.5. The molecule has 2 heterocycles. The number of allylic oxidation sites excluding steroid dienone is 2. The molecule has 0 atom stereocenters. The van der Waals surface area contributed by atoms with Crippen LogP contribution in [0.25, 0.3) is 11.1 Å². The molecule has 0 fully saturated rings. The van der Waals surface area contributed by atoms with Gasteiger partial charge in [-0.3, -0.25) is 4.79 Å². The average molecular weight is 451 g/mol. The highest BCUT2D eigenvalue weighted by molar-refractivity contribution is 6.38. The number of aliphatic imine (C=N–C) groups is 1. The Labute approximate surface area is 188 Å². The van der Waals surface area contributed by atoms with Gasteiger partial charge in [-0.2, -0.15) is 5.26 Å². The molecule has 31 heavy (non-hydrogen) atoms. The lowest BCUT2D eigenvalue weighted by atomic mass is 10.0. The zero-order valence-corrected chi connectivity index (χ0v) is 18.2. The number of halogens is 2. The van der Waals surface area contributed by atoms with Crippen LogP contribution in [0.15, 0.2) is 52.3 Å². The lowest BCUT2D eigenvalue weighted by Gasteiger charge is -2.11. The number of phenolic OH excluding ortho intramolecular Hbond substituents is 1. The lowest BCUT2D eigenvalue weighted by molar-refractivity contribution is 0.476. The fraction of sp³-hybridized carbons (Fsp3) is 0.130. The molecule has 1 aliphatic rings. The molecule has 1 N–H and O–H groups in total. The minimum Gasteiger partial charge on any atom is -0.505 e. The highest BCUT2D eigenvalue weighted by Gasteiger charge is 2.33. The van der Waals surface area contributed by atoms with Gasteiger partial charge in [0.25, 0.3) is 5.56 Å². The molecule has 3 aromatic rings. The molecule has 2 aromatic carbocycles. The van der Waals surface area contributed by atoms with E-state index in [9.17, 15) is 15.2 Å². The van der Waals surface area contributed by atoms with Gasteiger partial charge < -0.3 is 5.11 Å². The van der Waals surface area contributed by atoms with E-state index in [1.165, 1.54) is 16.7 Å². The molecule has 1 aliphatic heterocycles. The maximum atomic E-state index is 13.3. The molecule has 0 unspecified atom stereocenters. The molecule has 1 aromatic heterocycles. The van der Waals surface area contributed by atoms with Crippen molar-refractivity contribution in [3.05, 3.63) is 85.5 Å². The van der Waals surface area contributed by atoms with Crippen molar-refractivity contribution in [2.24, 2.45) is 4.99 Å². The molecule has 8 heteroatoms. The summed E-state index contributed by atoms with van der Waals surface area (Å²) >= 11 is 12.1. The Kier molecular flexibility index (Phi) is 5.40. The number of aryl methyl sites for hydroxylation is 1. The van der Waals surface area contributed by atoms with E-state index in [1.54, 1.807) is 6.92 Å². The zero-order chi connectivity index (χ0) is 22.3. The second kappa shape index (κ2) is 8.03. The predicted molar refractivity (Wildman–Crippen MR) is 122 cm³/mol. The van der Waals surface area contributed by atoms with E-state index in [4.69, 9.17) is 23.2 Å². The number of hydrogen-bond acceptors (Lipinski definition) is 5. The summed E-state index contributed by atoms with van der Waals surface area (Å²) in [5, 5.41) is 19.9. The first kappa shape index (κ1) is 20.9. The largest absolute Gasteiger partial charge is 0.505 e. The quantitative estimate of drug-likeness (QED) is 0.596. The van der Waals surface area contributed by atoms with E-state index in [0.717, 1.165) is 5.56 Å². The number of hydrogen-bond donors (Lipinski definition) is 1. The van der Waals surface area contributed by atoms with E-state index in [0.29, 0.717) is 28.9 Å². The van der Waals surface area contributed by atoms with Crippen LogP contribution in [0.4, 0.5) is 5.69 Å². The molecule has 0 saturated heterocycles. The lowest BCUT2D eigenvalue weighted by Crippen LogP contribution is -2.30. The molecule has 6 nitrogen and oxygen atoms in total. The fourth-order valence-corrected chi connectivity index (χ4v) is 4.00. The number of aromatic nitrogens is 2. The third-order valence-corrected chi connectivity index (χ3v) is 5.64. The molecule has 0 amide bonds. The third kappa shape index (κ3) is 3.42. The molecule has 154 valence electrons. The van der Waals surface area contributed by atoms with Gasteiger partial charge in [0.05, 0.1) is 21.4 Å². The molecule has 4 rings (SSSR count). The van der Waals surface area contributed by atoms with Gasteiger partial charge in [0.15, 0.2) is 17.4 Å². The van der Waals surface area contributed by atoms with Gasteiger partial charge >= 0.3 is 0 Å². The number of nitrogens with zero attached hydrogens (tertiary/aromatic N) is 4. The topological polar surface area (TPSA) is 91.3 Å². The van der Waals surface area contributed by atoms with Crippen LogP contribution in [0.5, 0.6) is 5.75 Å². The van der Waals surface area contributed by atoms with E-state index in [1.807, 2.05) is 37.3 Å². The highest BCUT2D eigenvalue weighted by Crippen LogP contribution is 2.38. The standard InChI is InChI=1S/C23H16Cl2N4O2/c1-3-18-12(2)23(31)29-21(28-18)15(11-26)19(13-7-5-4-6-8-13)22(29)27-14-9-16(24)20(30)17(25)10-14/h4-10,30H,3H2,1-2H3/b27-22+. The van der Waals surface area contributed by atoms with Gasteiger partial charge in [-0.25, -0.2) is 14.5 Å². The van der Waals surface area contributed by atoms with E-state index >= 15 is 0 Å². The summed E-state index contributed by atoms with van der Waals surface area (Å²) in [5.41, 5.74) is 2.62. The van der Waals surface area contributed by atoms with Crippen LogP contribution in [-0.4, -0.2) is 20.5 Å². The van der Waals surface area contributed by atoms with E-state index in [-0.39, 0.29) is 38.6 Å². The van der Waals surface area contributed by atoms with Crippen LogP contribution in [0.3, 0.4) is 0 Å². The maximum absolute atomic E-state index is 13.3. The minimum atomic E-state index is -0.296. The summed E-state index contributed by atoms with van der Waals surface area (Å²) in [6, 6.07) is 14.3. The molecule has 0 saturated carbocycles. The summed E-state index contributed by atoms with van der Waals surface area (Å²) in [7, 11) is 0. The molecular weight excluding hydrogens is 435 g/mol. The van der Waals surface area contributed by atoms with Gasteiger partial charge in [0, 0.05) is 11.1 Å². The van der Waals surface area contributed by atoms with Crippen LogP contribution >= 0.6 is 23.2 Å². The predicted octanol–water partition coefficient (Wildman–Crippen LogP) is 5.15. The number of rotatable bonds is 3. The van der Waals surface area contributed by atoms with Crippen molar-refractivity contribution in [3.8, 4) is 11.8 Å². The number of phenols is 1. The average Bonchev–Trinajstić information content (AvgIpc) is 3.08. The first-order valence-electron chi connectivity index (χ1n) is 9.47. The Bertz CT molecular complexity index is 1360. The van der Waals surface area contributed by atoms with Crippen molar-refractivity contribution in [3.63, 3.8) is 0 Å². The zero-order valence-electron chi connectivity index (χ0n) is 16.6. The molecule has 0 radical (unpaired) electrons. The Balaban J connectivity index is 2.10. The summed E-state index contributed by atoms with van der Waals surface area (Å²) in [4.78, 5) is 22.5.